The molecule has 18 heavy (non-hydrogen) atoms. The van der Waals surface area contributed by atoms with Gasteiger partial charge in [-0.25, -0.2) is 0 Å². The predicted octanol–water partition coefficient (Wildman–Crippen LogP) is -0.536. The Kier molecular flexibility index (Phi) is 5.10. The van der Waals surface area contributed by atoms with Crippen molar-refractivity contribution >= 4 is 11.8 Å². The average molecular weight is 257 g/mol. The van der Waals surface area contributed by atoms with Gasteiger partial charge in [0.2, 0.25) is 11.8 Å². The van der Waals surface area contributed by atoms with E-state index >= 15 is 0 Å². The maximum Gasteiger partial charge on any atom is 0.242 e. The zero-order chi connectivity index (χ0) is 13.8. The minimum absolute atomic E-state index is 0.0814. The van der Waals surface area contributed by atoms with Crippen LogP contribution in [0, 0.1) is 5.41 Å². The lowest BCUT2D eigenvalue weighted by Crippen LogP contribution is -2.59. The van der Waals surface area contributed by atoms with Gasteiger partial charge < -0.3 is 21.1 Å². The molecule has 0 aromatic carbocycles. The van der Waals surface area contributed by atoms with Crippen LogP contribution in [-0.2, 0) is 14.3 Å². The first-order chi connectivity index (χ1) is 8.52. The molecule has 0 aliphatic carbocycles. The molecule has 1 aliphatic rings. The van der Waals surface area contributed by atoms with Crippen molar-refractivity contribution in [2.24, 2.45) is 16.9 Å². The lowest BCUT2D eigenvalue weighted by Gasteiger charge is -2.40. The number of hydrogen-bond acceptors (Lipinski definition) is 4. The maximum absolute atomic E-state index is 12.6. The summed E-state index contributed by atoms with van der Waals surface area (Å²) < 4.78 is 5.21. The summed E-state index contributed by atoms with van der Waals surface area (Å²) in [5.41, 5.74) is 10.5. The van der Waals surface area contributed by atoms with Crippen LogP contribution in [0.4, 0.5) is 0 Å². The molecule has 2 amide bonds. The summed E-state index contributed by atoms with van der Waals surface area (Å²) in [6.07, 6.45) is 1.31. The largest absolute Gasteiger partial charge is 0.377 e. The highest BCUT2D eigenvalue weighted by Gasteiger charge is 2.41. The minimum Gasteiger partial charge on any atom is -0.377 e. The highest BCUT2D eigenvalue weighted by molar-refractivity contribution is 5.89. The summed E-state index contributed by atoms with van der Waals surface area (Å²) in [7, 11) is 0. The Balaban J connectivity index is 2.95. The van der Waals surface area contributed by atoms with Crippen LogP contribution < -0.4 is 11.5 Å². The number of morpholine rings is 1. The number of amides is 2. The molecule has 1 aliphatic heterocycles. The molecule has 4 N–H and O–H groups in total. The van der Waals surface area contributed by atoms with Gasteiger partial charge in [0.05, 0.1) is 18.6 Å². The van der Waals surface area contributed by atoms with Crippen molar-refractivity contribution in [3.63, 3.8) is 0 Å². The maximum atomic E-state index is 12.6. The SMILES string of the molecule is CCC(CC)(CN)C(=O)N1CCOCC1C(N)=O. The van der Waals surface area contributed by atoms with E-state index in [1.165, 1.54) is 4.90 Å². The molecule has 0 spiro atoms. The molecule has 6 heteroatoms. The fourth-order valence-electron chi connectivity index (χ4n) is 2.32. The first kappa shape index (κ1) is 14.9. The molecule has 0 saturated carbocycles. The van der Waals surface area contributed by atoms with Crippen LogP contribution in [-0.4, -0.2) is 49.1 Å². The molecule has 1 heterocycles. The van der Waals surface area contributed by atoms with Gasteiger partial charge in [-0.15, -0.1) is 0 Å². The van der Waals surface area contributed by atoms with Gasteiger partial charge in [0.25, 0.3) is 0 Å². The van der Waals surface area contributed by atoms with Crippen LogP contribution in [0.15, 0.2) is 0 Å². The molecule has 1 fully saturated rings. The molecule has 1 unspecified atom stereocenters. The van der Waals surface area contributed by atoms with E-state index in [-0.39, 0.29) is 19.1 Å². The number of carbonyl (C=O) groups excluding carboxylic acids is 2. The molecule has 6 nitrogen and oxygen atoms in total. The molecule has 0 radical (unpaired) electrons. The Morgan fingerprint density at radius 2 is 2.00 bits per heavy atom. The fourth-order valence-corrected chi connectivity index (χ4v) is 2.32. The van der Waals surface area contributed by atoms with E-state index in [4.69, 9.17) is 16.2 Å². The highest BCUT2D eigenvalue weighted by atomic mass is 16.5. The third-order valence-corrected chi connectivity index (χ3v) is 3.92. The van der Waals surface area contributed by atoms with Crippen molar-refractivity contribution < 1.29 is 14.3 Å². The van der Waals surface area contributed by atoms with Crippen LogP contribution in [0.3, 0.4) is 0 Å². The van der Waals surface area contributed by atoms with Gasteiger partial charge in [-0.05, 0) is 12.8 Å². The predicted molar refractivity (Wildman–Crippen MR) is 67.6 cm³/mol. The van der Waals surface area contributed by atoms with Gasteiger partial charge in [0.1, 0.15) is 6.04 Å². The first-order valence-corrected chi connectivity index (χ1v) is 6.40. The molecular formula is C12H23N3O3. The molecule has 0 aromatic rings. The highest BCUT2D eigenvalue weighted by Crippen LogP contribution is 2.29. The van der Waals surface area contributed by atoms with Crippen LogP contribution >= 0.6 is 0 Å². The second kappa shape index (κ2) is 6.15. The summed E-state index contributed by atoms with van der Waals surface area (Å²) in [6.45, 7) is 5.16. The second-order valence-corrected chi connectivity index (χ2v) is 4.68. The molecule has 1 rings (SSSR count). The number of nitrogens with zero attached hydrogens (tertiary/aromatic N) is 1. The molecular weight excluding hydrogens is 234 g/mol. The van der Waals surface area contributed by atoms with E-state index in [1.807, 2.05) is 13.8 Å². The lowest BCUT2D eigenvalue weighted by molar-refractivity contribution is -0.155. The fraction of sp³-hybridized carbons (Fsp3) is 0.833. The standard InChI is InChI=1S/C12H23N3O3/c1-3-12(4-2,8-13)11(17)15-5-6-18-7-9(15)10(14)16/h9H,3-8,13H2,1-2H3,(H2,14,16). The summed E-state index contributed by atoms with van der Waals surface area (Å²) in [4.78, 5) is 25.5. The smallest absolute Gasteiger partial charge is 0.242 e. The summed E-state index contributed by atoms with van der Waals surface area (Å²) in [5, 5.41) is 0. The van der Waals surface area contributed by atoms with Crippen LogP contribution in [0.2, 0.25) is 0 Å². The van der Waals surface area contributed by atoms with Crippen molar-refractivity contribution in [3.8, 4) is 0 Å². The van der Waals surface area contributed by atoms with Gasteiger partial charge in [0.15, 0.2) is 0 Å². The van der Waals surface area contributed by atoms with Gasteiger partial charge >= 0.3 is 0 Å². The van der Waals surface area contributed by atoms with E-state index in [9.17, 15) is 9.59 Å². The normalized spacial score (nSPS) is 20.8. The number of ether oxygens (including phenoxy) is 1. The van der Waals surface area contributed by atoms with Gasteiger partial charge in [0, 0.05) is 13.1 Å². The zero-order valence-electron chi connectivity index (χ0n) is 11.1. The monoisotopic (exact) mass is 257 g/mol. The second-order valence-electron chi connectivity index (χ2n) is 4.68. The summed E-state index contributed by atoms with van der Waals surface area (Å²) in [5.74, 6) is -0.608. The lowest BCUT2D eigenvalue weighted by atomic mass is 9.80. The topological polar surface area (TPSA) is 98.7 Å². The zero-order valence-corrected chi connectivity index (χ0v) is 11.1. The molecule has 1 atom stereocenters. The minimum atomic E-state index is -0.671. The Morgan fingerprint density at radius 3 is 2.44 bits per heavy atom. The molecule has 104 valence electrons. The molecule has 0 bridgehead atoms. The van der Waals surface area contributed by atoms with E-state index in [1.54, 1.807) is 0 Å². The van der Waals surface area contributed by atoms with Crippen molar-refractivity contribution in [3.05, 3.63) is 0 Å². The summed E-state index contributed by atoms with van der Waals surface area (Å²) in [6, 6.07) is -0.671. The Labute approximate surface area is 108 Å². The van der Waals surface area contributed by atoms with Crippen LogP contribution in [0.25, 0.3) is 0 Å². The van der Waals surface area contributed by atoms with Crippen molar-refractivity contribution in [1.29, 1.82) is 0 Å². The van der Waals surface area contributed by atoms with Gasteiger partial charge in [-0.1, -0.05) is 13.8 Å². The molecule has 0 aromatic heterocycles. The van der Waals surface area contributed by atoms with Gasteiger partial charge in [-0.2, -0.15) is 0 Å². The number of primary amides is 1. The van der Waals surface area contributed by atoms with E-state index in [2.05, 4.69) is 0 Å². The first-order valence-electron chi connectivity index (χ1n) is 6.40. The van der Waals surface area contributed by atoms with Crippen LogP contribution in [0.5, 0.6) is 0 Å². The third-order valence-electron chi connectivity index (χ3n) is 3.92. The van der Waals surface area contributed by atoms with Crippen molar-refractivity contribution in [2.45, 2.75) is 32.7 Å². The third kappa shape index (κ3) is 2.64. The quantitative estimate of drug-likeness (QED) is 0.691. The Hall–Kier alpha value is -1.14. The van der Waals surface area contributed by atoms with Crippen molar-refractivity contribution in [2.75, 3.05) is 26.3 Å². The summed E-state index contributed by atoms with van der Waals surface area (Å²) >= 11 is 0. The Morgan fingerprint density at radius 1 is 1.39 bits per heavy atom. The number of rotatable bonds is 5. The van der Waals surface area contributed by atoms with E-state index in [0.717, 1.165) is 0 Å². The van der Waals surface area contributed by atoms with E-state index in [0.29, 0.717) is 26.0 Å². The van der Waals surface area contributed by atoms with Gasteiger partial charge in [-0.3, -0.25) is 9.59 Å². The van der Waals surface area contributed by atoms with Crippen LogP contribution in [0.1, 0.15) is 26.7 Å². The number of carbonyl (C=O) groups is 2. The molecule has 1 saturated heterocycles. The number of hydrogen-bond donors (Lipinski definition) is 2. The van der Waals surface area contributed by atoms with E-state index < -0.39 is 17.4 Å². The van der Waals surface area contributed by atoms with Crippen molar-refractivity contribution in [1.82, 2.24) is 4.90 Å². The average Bonchev–Trinajstić information content (AvgIpc) is 2.41. The Bertz CT molecular complexity index is 307. The number of nitrogens with two attached hydrogens (primary N) is 2.